The molecular weight excluding hydrogens is 238 g/mol. The summed E-state index contributed by atoms with van der Waals surface area (Å²) >= 11 is 0. The zero-order valence-corrected chi connectivity index (χ0v) is 12.1. The fraction of sp³-hybridized carbons (Fsp3) is 1.00. The van der Waals surface area contributed by atoms with Crippen molar-refractivity contribution in [3.05, 3.63) is 0 Å². The van der Waals surface area contributed by atoms with Crippen LogP contribution in [0.15, 0.2) is 0 Å². The maximum atomic E-state index is 9.80. The van der Waals surface area contributed by atoms with Crippen LogP contribution >= 0.6 is 0 Å². The van der Waals surface area contributed by atoms with Crippen molar-refractivity contribution in [2.75, 3.05) is 39.5 Å². The summed E-state index contributed by atoms with van der Waals surface area (Å²) < 4.78 is 5.64. The van der Waals surface area contributed by atoms with E-state index in [2.05, 4.69) is 4.90 Å². The van der Waals surface area contributed by atoms with Crippen LogP contribution in [-0.4, -0.2) is 49.5 Å². The van der Waals surface area contributed by atoms with Crippen LogP contribution in [0.25, 0.3) is 0 Å². The Hall–Kier alpha value is -0.120. The SMILES string of the molecule is OCC1(CN2CCC3CCCCC3C2)CCCOC1. The van der Waals surface area contributed by atoms with Gasteiger partial charge >= 0.3 is 0 Å². The minimum atomic E-state index is 0.0275. The van der Waals surface area contributed by atoms with Crippen molar-refractivity contribution in [1.29, 1.82) is 0 Å². The van der Waals surface area contributed by atoms with Gasteiger partial charge in [-0.05, 0) is 44.1 Å². The number of aliphatic hydroxyl groups excluding tert-OH is 1. The van der Waals surface area contributed by atoms with Gasteiger partial charge in [0.2, 0.25) is 0 Å². The number of aliphatic hydroxyl groups is 1. The second kappa shape index (κ2) is 6.11. The Morgan fingerprint density at radius 2 is 1.95 bits per heavy atom. The molecule has 1 aliphatic carbocycles. The van der Waals surface area contributed by atoms with E-state index in [9.17, 15) is 5.11 Å². The van der Waals surface area contributed by atoms with Gasteiger partial charge < -0.3 is 14.7 Å². The average molecular weight is 267 g/mol. The van der Waals surface area contributed by atoms with Crippen molar-refractivity contribution in [2.45, 2.75) is 44.9 Å². The Balaban J connectivity index is 1.57. The standard InChI is InChI=1S/C16H29NO2/c18-12-16(7-3-9-19-13-16)11-17-8-6-14-4-1-2-5-15(14)10-17/h14-15,18H,1-13H2. The molecule has 0 bridgehead atoms. The molecule has 3 rings (SSSR count). The summed E-state index contributed by atoms with van der Waals surface area (Å²) in [5.74, 6) is 1.93. The topological polar surface area (TPSA) is 32.7 Å². The number of piperidine rings is 1. The lowest BCUT2D eigenvalue weighted by Crippen LogP contribution is -2.50. The van der Waals surface area contributed by atoms with Crippen LogP contribution in [0.5, 0.6) is 0 Å². The first-order valence-corrected chi connectivity index (χ1v) is 8.22. The molecule has 19 heavy (non-hydrogen) atoms. The van der Waals surface area contributed by atoms with Crippen LogP contribution < -0.4 is 0 Å². The van der Waals surface area contributed by atoms with E-state index in [-0.39, 0.29) is 12.0 Å². The van der Waals surface area contributed by atoms with Gasteiger partial charge in [0.1, 0.15) is 0 Å². The number of ether oxygens (including phenoxy) is 1. The van der Waals surface area contributed by atoms with Gasteiger partial charge in [0, 0.05) is 25.1 Å². The highest BCUT2D eigenvalue weighted by atomic mass is 16.5. The van der Waals surface area contributed by atoms with Gasteiger partial charge in [0.15, 0.2) is 0 Å². The predicted molar refractivity (Wildman–Crippen MR) is 76.1 cm³/mol. The predicted octanol–water partition coefficient (Wildman–Crippen LogP) is 2.29. The summed E-state index contributed by atoms with van der Waals surface area (Å²) in [6.07, 6.45) is 9.41. The Morgan fingerprint density at radius 1 is 1.11 bits per heavy atom. The summed E-state index contributed by atoms with van der Waals surface area (Å²) in [5, 5.41) is 9.80. The molecule has 3 atom stereocenters. The third-order valence-corrected chi connectivity index (χ3v) is 5.67. The Kier molecular flexibility index (Phi) is 4.45. The van der Waals surface area contributed by atoms with E-state index in [0.717, 1.165) is 44.4 Å². The lowest BCUT2D eigenvalue weighted by Gasteiger charge is -2.45. The molecule has 0 amide bonds. The highest BCUT2D eigenvalue weighted by molar-refractivity contribution is 4.89. The van der Waals surface area contributed by atoms with Crippen molar-refractivity contribution < 1.29 is 9.84 Å². The zero-order valence-electron chi connectivity index (χ0n) is 12.1. The molecule has 2 saturated heterocycles. The van der Waals surface area contributed by atoms with E-state index in [1.807, 2.05) is 0 Å². The summed E-state index contributed by atoms with van der Waals surface area (Å²) in [4.78, 5) is 2.62. The molecule has 0 aromatic carbocycles. The lowest BCUT2D eigenvalue weighted by atomic mass is 9.74. The molecule has 0 spiro atoms. The first-order valence-electron chi connectivity index (χ1n) is 8.22. The summed E-state index contributed by atoms with van der Waals surface area (Å²) in [5.41, 5.74) is 0.0275. The minimum absolute atomic E-state index is 0.0275. The molecule has 2 heterocycles. The van der Waals surface area contributed by atoms with Crippen LogP contribution in [0.1, 0.15) is 44.9 Å². The zero-order chi connectivity index (χ0) is 13.1. The molecule has 3 aliphatic rings. The third kappa shape index (κ3) is 3.14. The Morgan fingerprint density at radius 3 is 2.68 bits per heavy atom. The normalized spacial score (nSPS) is 40.9. The highest BCUT2D eigenvalue weighted by Gasteiger charge is 2.37. The largest absolute Gasteiger partial charge is 0.396 e. The monoisotopic (exact) mass is 267 g/mol. The second-order valence-corrected chi connectivity index (χ2v) is 7.14. The van der Waals surface area contributed by atoms with Gasteiger partial charge in [0.25, 0.3) is 0 Å². The number of likely N-dealkylation sites (tertiary alicyclic amines) is 1. The molecule has 3 fully saturated rings. The van der Waals surface area contributed by atoms with E-state index in [0.29, 0.717) is 0 Å². The third-order valence-electron chi connectivity index (χ3n) is 5.67. The Labute approximate surface area is 117 Å². The molecule has 0 aromatic heterocycles. The number of hydrogen-bond acceptors (Lipinski definition) is 3. The molecule has 3 unspecified atom stereocenters. The average Bonchev–Trinajstić information content (AvgIpc) is 2.48. The van der Waals surface area contributed by atoms with Gasteiger partial charge in [0.05, 0.1) is 13.2 Å². The second-order valence-electron chi connectivity index (χ2n) is 7.14. The number of hydrogen-bond donors (Lipinski definition) is 1. The number of fused-ring (bicyclic) bond motifs is 1. The molecule has 1 saturated carbocycles. The van der Waals surface area contributed by atoms with Crippen LogP contribution in [0, 0.1) is 17.3 Å². The first-order chi connectivity index (χ1) is 9.31. The molecule has 3 nitrogen and oxygen atoms in total. The van der Waals surface area contributed by atoms with Crippen molar-refractivity contribution in [3.63, 3.8) is 0 Å². The summed E-state index contributed by atoms with van der Waals surface area (Å²) in [6.45, 7) is 5.49. The summed E-state index contributed by atoms with van der Waals surface area (Å²) in [7, 11) is 0. The van der Waals surface area contributed by atoms with E-state index in [1.165, 1.54) is 45.2 Å². The van der Waals surface area contributed by atoms with Crippen molar-refractivity contribution >= 4 is 0 Å². The molecule has 1 N–H and O–H groups in total. The van der Waals surface area contributed by atoms with E-state index in [4.69, 9.17) is 4.74 Å². The maximum Gasteiger partial charge on any atom is 0.0556 e. The van der Waals surface area contributed by atoms with E-state index < -0.39 is 0 Å². The van der Waals surface area contributed by atoms with E-state index >= 15 is 0 Å². The first kappa shape index (κ1) is 13.8. The van der Waals surface area contributed by atoms with Gasteiger partial charge in [-0.25, -0.2) is 0 Å². The van der Waals surface area contributed by atoms with Crippen molar-refractivity contribution in [3.8, 4) is 0 Å². The highest BCUT2D eigenvalue weighted by Crippen LogP contribution is 2.38. The molecule has 3 heteroatoms. The van der Waals surface area contributed by atoms with Gasteiger partial charge in [-0.3, -0.25) is 0 Å². The van der Waals surface area contributed by atoms with Crippen molar-refractivity contribution in [1.82, 2.24) is 4.90 Å². The van der Waals surface area contributed by atoms with Crippen molar-refractivity contribution in [2.24, 2.45) is 17.3 Å². The van der Waals surface area contributed by atoms with Crippen LogP contribution in [0.3, 0.4) is 0 Å². The van der Waals surface area contributed by atoms with E-state index in [1.54, 1.807) is 0 Å². The van der Waals surface area contributed by atoms with Gasteiger partial charge in [-0.2, -0.15) is 0 Å². The smallest absolute Gasteiger partial charge is 0.0556 e. The number of rotatable bonds is 3. The Bertz CT molecular complexity index is 288. The molecule has 0 radical (unpaired) electrons. The summed E-state index contributed by atoms with van der Waals surface area (Å²) in [6, 6.07) is 0. The van der Waals surface area contributed by atoms with Gasteiger partial charge in [-0.1, -0.05) is 19.3 Å². The fourth-order valence-electron chi connectivity index (χ4n) is 4.50. The lowest BCUT2D eigenvalue weighted by molar-refractivity contribution is -0.0646. The minimum Gasteiger partial charge on any atom is -0.396 e. The maximum absolute atomic E-state index is 9.80. The van der Waals surface area contributed by atoms with Crippen LogP contribution in [0.2, 0.25) is 0 Å². The van der Waals surface area contributed by atoms with Crippen LogP contribution in [-0.2, 0) is 4.74 Å². The molecule has 110 valence electrons. The fourth-order valence-corrected chi connectivity index (χ4v) is 4.50. The number of nitrogens with zero attached hydrogens (tertiary/aromatic N) is 1. The van der Waals surface area contributed by atoms with Crippen LogP contribution in [0.4, 0.5) is 0 Å². The molecule has 0 aromatic rings. The quantitative estimate of drug-likeness (QED) is 0.851. The molecular formula is C16H29NO2. The molecule has 2 aliphatic heterocycles. The van der Waals surface area contributed by atoms with Gasteiger partial charge in [-0.15, -0.1) is 0 Å².